The summed E-state index contributed by atoms with van der Waals surface area (Å²) in [4.78, 5) is 37.3. The monoisotopic (exact) mass is 631 g/mol. The van der Waals surface area contributed by atoms with Crippen molar-refractivity contribution >= 4 is 33.2 Å². The molecule has 1 saturated carbocycles. The average molecular weight is 632 g/mol. The van der Waals surface area contributed by atoms with Crippen molar-refractivity contribution in [3.8, 4) is 16.9 Å². The quantitative estimate of drug-likeness (QED) is 0.248. The number of nitrogens with one attached hydrogen (secondary N) is 2. The minimum atomic E-state index is -5.64. The second kappa shape index (κ2) is 11.4. The highest BCUT2D eigenvalue weighted by molar-refractivity contribution is 7.92. The van der Waals surface area contributed by atoms with E-state index in [2.05, 4.69) is 10.6 Å². The van der Waals surface area contributed by atoms with Crippen molar-refractivity contribution in [2.45, 2.75) is 22.9 Å². The molecule has 14 heteroatoms. The number of carbonyl (C=O) groups is 3. The van der Waals surface area contributed by atoms with Gasteiger partial charge < -0.3 is 21.1 Å². The number of amides is 3. The number of benzene rings is 3. The van der Waals surface area contributed by atoms with E-state index in [1.807, 2.05) is 12.2 Å². The van der Waals surface area contributed by atoms with Gasteiger partial charge >= 0.3 is 5.51 Å². The summed E-state index contributed by atoms with van der Waals surface area (Å²) < 4.78 is 83.1. The van der Waals surface area contributed by atoms with Crippen LogP contribution in [0.3, 0.4) is 0 Å². The van der Waals surface area contributed by atoms with Crippen molar-refractivity contribution in [3.63, 3.8) is 0 Å². The standard InChI is InChI=1S/C30H25F4N3O6S/c1-43-24-14-23(31)21(15-5-7-16(8-6-15)27(35)38)13-22(24)28(39)37-26-18-10-9-17(11-18)25(26)29(40)36-19-3-2-4-20(12-19)44(41,42)30(32,33)34/h2-10,12-14,17-18,25-26H,11H2,1H3,(H2,35,38)(H,36,40)(H,37,39)/t17-,18+,25+,26-/m1/s1. The van der Waals surface area contributed by atoms with Crippen molar-refractivity contribution < 1.29 is 45.1 Å². The molecule has 1 fully saturated rings. The molecule has 3 aromatic rings. The highest BCUT2D eigenvalue weighted by atomic mass is 32.2. The first kappa shape index (κ1) is 30.7. The minimum absolute atomic E-state index is 0.0288. The van der Waals surface area contributed by atoms with Crippen LogP contribution in [-0.2, 0) is 14.6 Å². The van der Waals surface area contributed by atoms with Crippen LogP contribution in [0.2, 0.25) is 0 Å². The van der Waals surface area contributed by atoms with Gasteiger partial charge in [0.05, 0.1) is 23.5 Å². The zero-order valence-electron chi connectivity index (χ0n) is 22.9. The van der Waals surface area contributed by atoms with Crippen LogP contribution >= 0.6 is 0 Å². The molecule has 0 radical (unpaired) electrons. The predicted octanol–water partition coefficient (Wildman–Crippen LogP) is 4.45. The molecule has 230 valence electrons. The molecule has 3 aromatic carbocycles. The number of rotatable bonds is 8. The summed E-state index contributed by atoms with van der Waals surface area (Å²) in [7, 11) is -4.38. The number of ether oxygens (including phenoxy) is 1. The summed E-state index contributed by atoms with van der Waals surface area (Å²) in [5, 5.41) is 5.32. The summed E-state index contributed by atoms with van der Waals surface area (Å²) >= 11 is 0. The Labute approximate surface area is 249 Å². The van der Waals surface area contributed by atoms with Crippen molar-refractivity contribution in [1.29, 1.82) is 0 Å². The van der Waals surface area contributed by atoms with Crippen LogP contribution in [0.5, 0.6) is 5.75 Å². The maximum Gasteiger partial charge on any atom is 0.501 e. The molecule has 2 aliphatic rings. The van der Waals surface area contributed by atoms with E-state index in [4.69, 9.17) is 10.5 Å². The van der Waals surface area contributed by atoms with Gasteiger partial charge in [0.15, 0.2) is 0 Å². The van der Waals surface area contributed by atoms with E-state index in [1.165, 1.54) is 43.5 Å². The summed E-state index contributed by atoms with van der Waals surface area (Å²) in [6.45, 7) is 0. The number of primary amides is 1. The van der Waals surface area contributed by atoms with Crippen molar-refractivity contribution in [2.75, 3.05) is 12.4 Å². The van der Waals surface area contributed by atoms with E-state index in [9.17, 15) is 36.0 Å². The topological polar surface area (TPSA) is 145 Å². The van der Waals surface area contributed by atoms with E-state index in [-0.39, 0.29) is 40.0 Å². The molecule has 0 aromatic heterocycles. The number of hydrogen-bond donors (Lipinski definition) is 3. The number of fused-ring (bicyclic) bond motifs is 2. The molecule has 0 heterocycles. The Morgan fingerprint density at radius 1 is 0.977 bits per heavy atom. The fraction of sp³-hybridized carbons (Fsp3) is 0.233. The normalized spacial score (nSPS) is 20.8. The molecule has 0 saturated heterocycles. The molecule has 0 aliphatic heterocycles. The number of methoxy groups -OCH3 is 1. The molecule has 2 aliphatic carbocycles. The summed E-state index contributed by atoms with van der Waals surface area (Å²) in [6, 6.07) is 11.2. The predicted molar refractivity (Wildman–Crippen MR) is 151 cm³/mol. The Morgan fingerprint density at radius 2 is 1.66 bits per heavy atom. The number of alkyl halides is 3. The Hall–Kier alpha value is -4.72. The lowest BCUT2D eigenvalue weighted by atomic mass is 9.87. The molecule has 4 N–H and O–H groups in total. The van der Waals surface area contributed by atoms with Crippen LogP contribution in [-0.4, -0.2) is 44.8 Å². The zero-order valence-corrected chi connectivity index (χ0v) is 23.7. The number of anilines is 1. The lowest BCUT2D eigenvalue weighted by Gasteiger charge is -2.28. The Kier molecular flexibility index (Phi) is 7.97. The van der Waals surface area contributed by atoms with Crippen molar-refractivity contribution in [1.82, 2.24) is 5.32 Å². The Morgan fingerprint density at radius 3 is 2.30 bits per heavy atom. The number of nitrogens with two attached hydrogens (primary N) is 1. The number of sulfone groups is 1. The van der Waals surface area contributed by atoms with Crippen LogP contribution in [0.4, 0.5) is 23.2 Å². The van der Waals surface area contributed by atoms with Crippen LogP contribution in [0.1, 0.15) is 27.1 Å². The molecule has 3 amide bonds. The van der Waals surface area contributed by atoms with Gasteiger partial charge in [0.2, 0.25) is 11.8 Å². The van der Waals surface area contributed by atoms with E-state index < -0.39 is 55.7 Å². The van der Waals surface area contributed by atoms with Gasteiger partial charge in [-0.2, -0.15) is 13.2 Å². The maximum absolute atomic E-state index is 15.0. The number of halogens is 4. The van der Waals surface area contributed by atoms with Gasteiger partial charge in [0, 0.05) is 28.9 Å². The van der Waals surface area contributed by atoms with E-state index in [0.717, 1.165) is 24.3 Å². The van der Waals surface area contributed by atoms with Gasteiger partial charge in [-0.15, -0.1) is 0 Å². The fourth-order valence-electron chi connectivity index (χ4n) is 5.64. The third-order valence-corrected chi connectivity index (χ3v) is 9.27. The third kappa shape index (κ3) is 5.64. The lowest BCUT2D eigenvalue weighted by molar-refractivity contribution is -0.121. The SMILES string of the molecule is COc1cc(F)c(-c2ccc(C(N)=O)cc2)cc1C(=O)N[C@H]1[C@@H](C(=O)Nc2cccc(S(=O)(=O)C(F)(F)F)c2)[C@@H]2C=C[C@H]1C2. The molecule has 5 rings (SSSR count). The zero-order chi connectivity index (χ0) is 32.0. The number of allylic oxidation sites excluding steroid dienone is 1. The highest BCUT2D eigenvalue weighted by Crippen LogP contribution is 2.45. The largest absolute Gasteiger partial charge is 0.501 e. The molecule has 4 atom stereocenters. The molecular formula is C30H25F4N3O6S. The van der Waals surface area contributed by atoms with E-state index >= 15 is 4.39 Å². The number of hydrogen-bond acceptors (Lipinski definition) is 6. The van der Waals surface area contributed by atoms with Gasteiger partial charge in [-0.3, -0.25) is 14.4 Å². The smallest absolute Gasteiger partial charge is 0.496 e. The molecule has 0 unspecified atom stereocenters. The van der Waals surface area contributed by atoms with Gasteiger partial charge in [-0.1, -0.05) is 30.4 Å². The van der Waals surface area contributed by atoms with Gasteiger partial charge in [0.25, 0.3) is 15.7 Å². The first-order valence-electron chi connectivity index (χ1n) is 13.2. The van der Waals surface area contributed by atoms with Gasteiger partial charge in [-0.05, 0) is 60.2 Å². The van der Waals surface area contributed by atoms with Crippen molar-refractivity contribution in [2.24, 2.45) is 23.5 Å². The summed E-state index contributed by atoms with van der Waals surface area (Å²) in [5.74, 6) is -4.12. The summed E-state index contributed by atoms with van der Waals surface area (Å²) in [6.07, 6.45) is 4.18. The first-order valence-corrected chi connectivity index (χ1v) is 14.7. The second-order valence-corrected chi connectivity index (χ2v) is 12.4. The number of carbonyl (C=O) groups excluding carboxylic acids is 3. The summed E-state index contributed by atoms with van der Waals surface area (Å²) in [5.41, 5.74) is 0.177. The first-order chi connectivity index (χ1) is 20.7. The van der Waals surface area contributed by atoms with Gasteiger partial charge in [0.1, 0.15) is 11.6 Å². The molecule has 9 nitrogen and oxygen atoms in total. The van der Waals surface area contributed by atoms with Crippen molar-refractivity contribution in [3.05, 3.63) is 89.8 Å². The average Bonchev–Trinajstić information content (AvgIpc) is 3.58. The Balaban J connectivity index is 1.40. The maximum atomic E-state index is 15.0. The fourth-order valence-corrected chi connectivity index (χ4v) is 6.45. The molecule has 2 bridgehead atoms. The van der Waals surface area contributed by atoms with Crippen LogP contribution in [0, 0.1) is 23.6 Å². The van der Waals surface area contributed by atoms with E-state index in [0.29, 0.717) is 12.0 Å². The minimum Gasteiger partial charge on any atom is -0.496 e. The van der Waals surface area contributed by atoms with Crippen LogP contribution in [0.25, 0.3) is 11.1 Å². The van der Waals surface area contributed by atoms with E-state index in [1.54, 1.807) is 0 Å². The molecule has 44 heavy (non-hydrogen) atoms. The molecule has 0 spiro atoms. The van der Waals surface area contributed by atoms with Crippen LogP contribution < -0.4 is 21.1 Å². The second-order valence-electron chi connectivity index (χ2n) is 10.4. The lowest BCUT2D eigenvalue weighted by Crippen LogP contribution is -2.47. The Bertz CT molecular complexity index is 1790. The molecular weight excluding hydrogens is 606 g/mol. The van der Waals surface area contributed by atoms with Gasteiger partial charge in [-0.25, -0.2) is 12.8 Å². The van der Waals surface area contributed by atoms with Crippen LogP contribution in [0.15, 0.2) is 77.7 Å². The highest BCUT2D eigenvalue weighted by Gasteiger charge is 2.49. The third-order valence-electron chi connectivity index (χ3n) is 7.79.